The molecule has 0 aromatic heterocycles. The number of nitrogens with one attached hydrogen (secondary N) is 1. The predicted molar refractivity (Wildman–Crippen MR) is 90.3 cm³/mol. The summed E-state index contributed by atoms with van der Waals surface area (Å²) in [5.74, 6) is -0.266. The van der Waals surface area contributed by atoms with Crippen LogP contribution >= 0.6 is 11.6 Å². The topological polar surface area (TPSA) is 32.3 Å². The molecule has 5 heteroatoms. The number of amides is 2. The molecule has 1 N–H and O–H groups in total. The van der Waals surface area contributed by atoms with Gasteiger partial charge in [0.15, 0.2) is 0 Å². The number of likely N-dealkylation sites (tertiary alicyclic amines) is 1. The van der Waals surface area contributed by atoms with Gasteiger partial charge in [-0.15, -0.1) is 0 Å². The fourth-order valence-electron chi connectivity index (χ4n) is 2.97. The standard InChI is InChI=1S/C18H18ClFN2O/c1-12-15(19)4-2-5-16(12)21-18(23)22-11-3-6-17(22)13-7-9-14(20)10-8-13/h2,4-5,7-10,17H,3,6,11H2,1H3,(H,21,23)/t17-/m0/s1. The van der Waals surface area contributed by atoms with Gasteiger partial charge in [0.05, 0.1) is 6.04 Å². The van der Waals surface area contributed by atoms with E-state index in [2.05, 4.69) is 5.32 Å². The summed E-state index contributed by atoms with van der Waals surface area (Å²) in [7, 11) is 0. The molecular formula is C18H18ClFN2O. The number of nitrogens with zero attached hydrogens (tertiary/aromatic N) is 1. The van der Waals surface area contributed by atoms with Crippen molar-refractivity contribution in [3.63, 3.8) is 0 Å². The number of urea groups is 1. The number of halogens is 2. The lowest BCUT2D eigenvalue weighted by Gasteiger charge is -2.26. The summed E-state index contributed by atoms with van der Waals surface area (Å²) in [6.07, 6.45) is 1.82. The molecule has 23 heavy (non-hydrogen) atoms. The zero-order valence-corrected chi connectivity index (χ0v) is 13.6. The molecule has 1 heterocycles. The molecule has 0 unspecified atom stereocenters. The highest BCUT2D eigenvalue weighted by Gasteiger charge is 2.30. The maximum atomic E-state index is 13.1. The van der Waals surface area contributed by atoms with Crippen molar-refractivity contribution in [3.8, 4) is 0 Å². The molecule has 1 fully saturated rings. The lowest BCUT2D eigenvalue weighted by atomic mass is 10.0. The molecule has 1 aliphatic heterocycles. The quantitative estimate of drug-likeness (QED) is 0.809. The summed E-state index contributed by atoms with van der Waals surface area (Å²) in [5, 5.41) is 3.56. The molecule has 1 saturated heterocycles. The summed E-state index contributed by atoms with van der Waals surface area (Å²) in [5.41, 5.74) is 2.52. The van der Waals surface area contributed by atoms with Gasteiger partial charge in [0.1, 0.15) is 5.82 Å². The molecular weight excluding hydrogens is 315 g/mol. The largest absolute Gasteiger partial charge is 0.322 e. The Kier molecular flexibility index (Phi) is 4.53. The van der Waals surface area contributed by atoms with Crippen LogP contribution in [0.4, 0.5) is 14.9 Å². The van der Waals surface area contributed by atoms with Crippen molar-refractivity contribution in [2.75, 3.05) is 11.9 Å². The number of carbonyl (C=O) groups is 1. The molecule has 2 aromatic carbocycles. The monoisotopic (exact) mass is 332 g/mol. The van der Waals surface area contributed by atoms with Gasteiger partial charge in [-0.2, -0.15) is 0 Å². The first-order valence-corrected chi connectivity index (χ1v) is 8.02. The van der Waals surface area contributed by atoms with Crippen molar-refractivity contribution in [1.82, 2.24) is 4.90 Å². The number of benzene rings is 2. The van der Waals surface area contributed by atoms with Crippen LogP contribution in [0, 0.1) is 12.7 Å². The molecule has 3 rings (SSSR count). The summed E-state index contributed by atoms with van der Waals surface area (Å²) >= 11 is 6.10. The maximum absolute atomic E-state index is 13.1. The SMILES string of the molecule is Cc1c(Cl)cccc1NC(=O)N1CCC[C@H]1c1ccc(F)cc1. The highest BCUT2D eigenvalue weighted by atomic mass is 35.5. The van der Waals surface area contributed by atoms with Crippen molar-refractivity contribution in [2.45, 2.75) is 25.8 Å². The van der Waals surface area contributed by atoms with Gasteiger partial charge in [-0.05, 0) is 55.2 Å². The smallest absolute Gasteiger partial charge is 0.317 e. The van der Waals surface area contributed by atoms with E-state index >= 15 is 0 Å². The van der Waals surface area contributed by atoms with Crippen LogP contribution < -0.4 is 5.32 Å². The first-order chi connectivity index (χ1) is 11.1. The third-order valence-electron chi connectivity index (χ3n) is 4.28. The third kappa shape index (κ3) is 3.32. The average molecular weight is 333 g/mol. The van der Waals surface area contributed by atoms with Crippen LogP contribution in [0.2, 0.25) is 5.02 Å². The van der Waals surface area contributed by atoms with Gasteiger partial charge in [0.2, 0.25) is 0 Å². The van der Waals surface area contributed by atoms with Crippen LogP contribution in [-0.4, -0.2) is 17.5 Å². The number of carbonyl (C=O) groups excluding carboxylic acids is 1. The normalized spacial score (nSPS) is 17.3. The molecule has 0 bridgehead atoms. The minimum Gasteiger partial charge on any atom is -0.317 e. The van der Waals surface area contributed by atoms with Crippen LogP contribution in [-0.2, 0) is 0 Å². The molecule has 1 atom stereocenters. The summed E-state index contributed by atoms with van der Waals surface area (Å²) in [6, 6.07) is 11.6. The zero-order chi connectivity index (χ0) is 16.4. The van der Waals surface area contributed by atoms with Crippen molar-refractivity contribution in [1.29, 1.82) is 0 Å². The van der Waals surface area contributed by atoms with Crippen molar-refractivity contribution in [2.24, 2.45) is 0 Å². The van der Waals surface area contributed by atoms with Crippen molar-refractivity contribution >= 4 is 23.3 Å². The van der Waals surface area contributed by atoms with Gasteiger partial charge in [0.25, 0.3) is 0 Å². The summed E-state index contributed by atoms with van der Waals surface area (Å²) in [4.78, 5) is 14.4. The third-order valence-corrected chi connectivity index (χ3v) is 4.69. The minimum atomic E-state index is -0.266. The first kappa shape index (κ1) is 15.8. The van der Waals surface area contributed by atoms with E-state index in [1.807, 2.05) is 19.1 Å². The summed E-state index contributed by atoms with van der Waals surface area (Å²) in [6.45, 7) is 2.56. The predicted octanol–water partition coefficient (Wildman–Crippen LogP) is 5.16. The van der Waals surface area contributed by atoms with Crippen LogP contribution in [0.25, 0.3) is 0 Å². The number of rotatable bonds is 2. The van der Waals surface area contributed by atoms with Gasteiger partial charge in [0, 0.05) is 17.3 Å². The lowest BCUT2D eigenvalue weighted by molar-refractivity contribution is 0.207. The van der Waals surface area contributed by atoms with Gasteiger partial charge in [-0.25, -0.2) is 9.18 Å². The Balaban J connectivity index is 1.78. The number of anilines is 1. The molecule has 1 aliphatic rings. The fourth-order valence-corrected chi connectivity index (χ4v) is 3.15. The summed E-state index contributed by atoms with van der Waals surface area (Å²) < 4.78 is 13.1. The van der Waals surface area contributed by atoms with Gasteiger partial charge >= 0.3 is 6.03 Å². The Morgan fingerprint density at radius 3 is 2.74 bits per heavy atom. The number of hydrogen-bond donors (Lipinski definition) is 1. The van der Waals surface area contributed by atoms with E-state index < -0.39 is 0 Å². The van der Waals surface area contributed by atoms with Crippen molar-refractivity contribution in [3.05, 3.63) is 64.4 Å². The van der Waals surface area contributed by atoms with E-state index in [9.17, 15) is 9.18 Å². The van der Waals surface area contributed by atoms with Crippen LogP contribution in [0.3, 0.4) is 0 Å². The second-order valence-corrected chi connectivity index (χ2v) is 6.15. The Labute approximate surface area is 140 Å². The minimum absolute atomic E-state index is 0.0184. The van der Waals surface area contributed by atoms with E-state index in [1.165, 1.54) is 12.1 Å². The van der Waals surface area contributed by atoms with E-state index in [1.54, 1.807) is 23.1 Å². The highest BCUT2D eigenvalue weighted by Crippen LogP contribution is 2.33. The lowest BCUT2D eigenvalue weighted by Crippen LogP contribution is -2.34. The number of hydrogen-bond acceptors (Lipinski definition) is 1. The molecule has 0 aliphatic carbocycles. The second-order valence-electron chi connectivity index (χ2n) is 5.75. The Bertz CT molecular complexity index is 717. The van der Waals surface area contributed by atoms with Gasteiger partial charge in [-0.3, -0.25) is 0 Å². The molecule has 0 spiro atoms. The maximum Gasteiger partial charge on any atom is 0.322 e. The molecule has 120 valence electrons. The molecule has 0 radical (unpaired) electrons. The first-order valence-electron chi connectivity index (χ1n) is 7.64. The van der Waals surface area contributed by atoms with E-state index in [4.69, 9.17) is 11.6 Å². The molecule has 0 saturated carbocycles. The van der Waals surface area contributed by atoms with Crippen LogP contribution in [0.15, 0.2) is 42.5 Å². The van der Waals surface area contributed by atoms with Gasteiger partial charge < -0.3 is 10.2 Å². The highest BCUT2D eigenvalue weighted by molar-refractivity contribution is 6.31. The van der Waals surface area contributed by atoms with E-state index in [0.29, 0.717) is 17.3 Å². The Hall–Kier alpha value is -2.07. The molecule has 2 amide bonds. The molecule has 3 nitrogen and oxygen atoms in total. The van der Waals surface area contributed by atoms with Crippen LogP contribution in [0.5, 0.6) is 0 Å². The second kappa shape index (κ2) is 6.59. The van der Waals surface area contributed by atoms with E-state index in [0.717, 1.165) is 24.0 Å². The van der Waals surface area contributed by atoms with E-state index in [-0.39, 0.29) is 17.9 Å². The molecule has 2 aromatic rings. The Morgan fingerprint density at radius 1 is 1.26 bits per heavy atom. The van der Waals surface area contributed by atoms with Crippen molar-refractivity contribution < 1.29 is 9.18 Å². The fraction of sp³-hybridized carbons (Fsp3) is 0.278. The van der Waals surface area contributed by atoms with Gasteiger partial charge in [-0.1, -0.05) is 29.8 Å². The Morgan fingerprint density at radius 2 is 2.00 bits per heavy atom. The average Bonchev–Trinajstić information content (AvgIpc) is 3.02. The zero-order valence-electron chi connectivity index (χ0n) is 12.9. The van der Waals surface area contributed by atoms with Crippen LogP contribution in [0.1, 0.15) is 30.0 Å².